The minimum atomic E-state index is -0.134. The average molecular weight is 361 g/mol. The van der Waals surface area contributed by atoms with Gasteiger partial charge >= 0.3 is 0 Å². The van der Waals surface area contributed by atoms with Gasteiger partial charge in [-0.25, -0.2) is 4.98 Å². The second-order valence-corrected chi connectivity index (χ2v) is 5.95. The summed E-state index contributed by atoms with van der Waals surface area (Å²) in [6, 6.07) is 17.1. The number of hydrogen-bond acceptors (Lipinski definition) is 6. The molecule has 27 heavy (non-hydrogen) atoms. The Balaban J connectivity index is 1.80. The molecule has 3 aromatic rings. The first kappa shape index (κ1) is 18.2. The standard InChI is InChI=1S/C20H19N5O2/c1-25(19(26)11-22)13-15-4-2-3-5-17(15)18-12-23-20(27-18)24-16-8-6-14(10-21)7-9-16/h2-9,12H,11,13,22H2,1H3,(H,23,24). The second-order valence-electron chi connectivity index (χ2n) is 5.95. The summed E-state index contributed by atoms with van der Waals surface area (Å²) in [6.07, 6.45) is 1.63. The van der Waals surface area contributed by atoms with E-state index >= 15 is 0 Å². The topological polar surface area (TPSA) is 108 Å². The first-order valence-electron chi connectivity index (χ1n) is 8.36. The van der Waals surface area contributed by atoms with Crippen molar-refractivity contribution in [3.05, 3.63) is 65.9 Å². The summed E-state index contributed by atoms with van der Waals surface area (Å²) in [5.74, 6) is 0.459. The molecule has 1 heterocycles. The third-order valence-electron chi connectivity index (χ3n) is 4.06. The Labute approximate surface area is 157 Å². The molecule has 0 spiro atoms. The van der Waals surface area contributed by atoms with E-state index in [1.165, 1.54) is 0 Å². The number of aromatic nitrogens is 1. The lowest BCUT2D eigenvalue weighted by molar-refractivity contribution is -0.128. The van der Waals surface area contributed by atoms with Gasteiger partial charge in [0.15, 0.2) is 5.76 Å². The Bertz CT molecular complexity index is 973. The Morgan fingerprint density at radius 2 is 2.00 bits per heavy atom. The molecule has 136 valence electrons. The molecule has 0 fully saturated rings. The van der Waals surface area contributed by atoms with Crippen LogP contribution in [0.4, 0.5) is 11.7 Å². The van der Waals surface area contributed by atoms with Crippen LogP contribution < -0.4 is 11.1 Å². The van der Waals surface area contributed by atoms with Gasteiger partial charge in [-0.15, -0.1) is 0 Å². The summed E-state index contributed by atoms with van der Waals surface area (Å²) in [5.41, 5.74) is 8.56. The lowest BCUT2D eigenvalue weighted by Gasteiger charge is -2.17. The first-order valence-corrected chi connectivity index (χ1v) is 8.36. The van der Waals surface area contributed by atoms with Crippen molar-refractivity contribution in [2.45, 2.75) is 6.54 Å². The molecule has 2 aromatic carbocycles. The molecule has 1 amide bonds. The van der Waals surface area contributed by atoms with Crippen molar-refractivity contribution in [3.8, 4) is 17.4 Å². The van der Waals surface area contributed by atoms with Crippen molar-refractivity contribution < 1.29 is 9.21 Å². The van der Waals surface area contributed by atoms with Crippen molar-refractivity contribution in [3.63, 3.8) is 0 Å². The zero-order valence-corrected chi connectivity index (χ0v) is 14.8. The highest BCUT2D eigenvalue weighted by Crippen LogP contribution is 2.28. The minimum Gasteiger partial charge on any atom is -0.423 e. The van der Waals surface area contributed by atoms with E-state index in [1.807, 2.05) is 24.3 Å². The zero-order valence-electron chi connectivity index (χ0n) is 14.8. The number of anilines is 2. The van der Waals surface area contributed by atoms with Crippen LogP contribution in [0.3, 0.4) is 0 Å². The number of nitrogens with two attached hydrogens (primary N) is 1. The molecule has 7 heteroatoms. The number of likely N-dealkylation sites (N-methyl/N-ethyl adjacent to an activating group) is 1. The van der Waals surface area contributed by atoms with Gasteiger partial charge in [-0.1, -0.05) is 24.3 Å². The SMILES string of the molecule is CN(Cc1ccccc1-c1cnc(Nc2ccc(C#N)cc2)o1)C(=O)CN. The molecule has 0 unspecified atom stereocenters. The van der Waals surface area contributed by atoms with Crippen LogP contribution in [0, 0.1) is 11.3 Å². The fraction of sp³-hybridized carbons (Fsp3) is 0.150. The lowest BCUT2D eigenvalue weighted by Crippen LogP contribution is -2.32. The number of amides is 1. The van der Waals surface area contributed by atoms with Gasteiger partial charge in [-0.05, 0) is 29.8 Å². The summed E-state index contributed by atoms with van der Waals surface area (Å²) in [5, 5.41) is 11.9. The van der Waals surface area contributed by atoms with Crippen LogP contribution in [0.5, 0.6) is 0 Å². The van der Waals surface area contributed by atoms with E-state index in [-0.39, 0.29) is 12.5 Å². The van der Waals surface area contributed by atoms with Crippen LogP contribution in [-0.2, 0) is 11.3 Å². The number of rotatable bonds is 6. The summed E-state index contributed by atoms with van der Waals surface area (Å²) in [4.78, 5) is 17.6. The Kier molecular flexibility index (Phi) is 5.50. The predicted molar refractivity (Wildman–Crippen MR) is 102 cm³/mol. The van der Waals surface area contributed by atoms with Crippen molar-refractivity contribution in [1.29, 1.82) is 5.26 Å². The number of oxazole rings is 1. The summed E-state index contributed by atoms with van der Waals surface area (Å²) in [7, 11) is 1.71. The average Bonchev–Trinajstić information content (AvgIpc) is 3.16. The van der Waals surface area contributed by atoms with Crippen molar-refractivity contribution >= 4 is 17.6 Å². The van der Waals surface area contributed by atoms with Crippen molar-refractivity contribution in [2.24, 2.45) is 5.73 Å². The zero-order chi connectivity index (χ0) is 19.2. The molecular weight excluding hydrogens is 342 g/mol. The molecule has 3 rings (SSSR count). The largest absolute Gasteiger partial charge is 0.423 e. The summed E-state index contributed by atoms with van der Waals surface area (Å²) >= 11 is 0. The molecule has 7 nitrogen and oxygen atoms in total. The van der Waals surface area contributed by atoms with Gasteiger partial charge in [0.2, 0.25) is 5.91 Å². The summed E-state index contributed by atoms with van der Waals surface area (Å²) in [6.45, 7) is 0.394. The molecular formula is C20H19N5O2. The fourth-order valence-electron chi connectivity index (χ4n) is 2.61. The Hall–Kier alpha value is -3.63. The molecule has 0 bridgehead atoms. The van der Waals surface area contributed by atoms with Gasteiger partial charge in [0.05, 0.1) is 24.4 Å². The van der Waals surface area contributed by atoms with E-state index in [1.54, 1.807) is 42.4 Å². The van der Waals surface area contributed by atoms with Crippen molar-refractivity contribution in [2.75, 3.05) is 18.9 Å². The molecule has 0 aliphatic carbocycles. The quantitative estimate of drug-likeness (QED) is 0.699. The van der Waals surface area contributed by atoms with E-state index in [0.717, 1.165) is 16.8 Å². The molecule has 0 saturated heterocycles. The summed E-state index contributed by atoms with van der Waals surface area (Å²) < 4.78 is 5.82. The maximum atomic E-state index is 11.8. The van der Waals surface area contributed by atoms with E-state index < -0.39 is 0 Å². The third-order valence-corrected chi connectivity index (χ3v) is 4.06. The van der Waals surface area contributed by atoms with E-state index in [9.17, 15) is 4.79 Å². The molecule has 0 aliphatic heterocycles. The first-order chi connectivity index (χ1) is 13.1. The Morgan fingerprint density at radius 3 is 2.70 bits per heavy atom. The van der Waals surface area contributed by atoms with Crippen LogP contribution in [0.15, 0.2) is 59.1 Å². The van der Waals surface area contributed by atoms with Crippen LogP contribution >= 0.6 is 0 Å². The van der Waals surface area contributed by atoms with Gasteiger partial charge < -0.3 is 20.4 Å². The highest BCUT2D eigenvalue weighted by molar-refractivity contribution is 5.78. The highest BCUT2D eigenvalue weighted by Gasteiger charge is 2.14. The maximum absolute atomic E-state index is 11.8. The highest BCUT2D eigenvalue weighted by atomic mass is 16.4. The van der Waals surface area contributed by atoms with Gasteiger partial charge in [0.25, 0.3) is 6.01 Å². The molecule has 0 saturated carbocycles. The number of benzene rings is 2. The molecule has 3 N–H and O–H groups in total. The van der Waals surface area contributed by atoms with Gasteiger partial charge in [-0.3, -0.25) is 4.79 Å². The Morgan fingerprint density at radius 1 is 1.26 bits per heavy atom. The van der Waals surface area contributed by atoms with Gasteiger partial charge in [0.1, 0.15) is 0 Å². The van der Waals surface area contributed by atoms with E-state index in [4.69, 9.17) is 15.4 Å². The predicted octanol–water partition coefficient (Wildman–Crippen LogP) is 2.87. The van der Waals surface area contributed by atoms with Crippen LogP contribution in [0.25, 0.3) is 11.3 Å². The third kappa shape index (κ3) is 4.32. The smallest absolute Gasteiger partial charge is 0.299 e. The van der Waals surface area contributed by atoms with Crippen LogP contribution in [0.1, 0.15) is 11.1 Å². The molecule has 0 radical (unpaired) electrons. The number of nitriles is 1. The fourth-order valence-corrected chi connectivity index (χ4v) is 2.61. The lowest BCUT2D eigenvalue weighted by atomic mass is 10.1. The maximum Gasteiger partial charge on any atom is 0.299 e. The van der Waals surface area contributed by atoms with E-state index in [2.05, 4.69) is 16.4 Å². The second kappa shape index (κ2) is 8.17. The van der Waals surface area contributed by atoms with Crippen LogP contribution in [-0.4, -0.2) is 29.4 Å². The van der Waals surface area contributed by atoms with Crippen molar-refractivity contribution in [1.82, 2.24) is 9.88 Å². The molecule has 1 aromatic heterocycles. The monoisotopic (exact) mass is 361 g/mol. The molecule has 0 aliphatic rings. The molecule has 0 atom stereocenters. The van der Waals surface area contributed by atoms with Gasteiger partial charge in [-0.2, -0.15) is 5.26 Å². The minimum absolute atomic E-state index is 0.0281. The van der Waals surface area contributed by atoms with E-state index in [0.29, 0.717) is 23.9 Å². The number of carbonyl (C=O) groups is 1. The van der Waals surface area contributed by atoms with Crippen LogP contribution in [0.2, 0.25) is 0 Å². The number of hydrogen-bond donors (Lipinski definition) is 2. The number of nitrogens with one attached hydrogen (secondary N) is 1. The number of nitrogens with zero attached hydrogens (tertiary/aromatic N) is 3. The van der Waals surface area contributed by atoms with Gasteiger partial charge in [0, 0.05) is 24.8 Å². The normalized spacial score (nSPS) is 10.3. The number of carbonyl (C=O) groups excluding carboxylic acids is 1.